The minimum absolute atomic E-state index is 0.665. The number of rotatable bonds is 3. The minimum atomic E-state index is 0.665. The van der Waals surface area contributed by atoms with Gasteiger partial charge in [0.2, 0.25) is 0 Å². The Morgan fingerprint density at radius 2 is 2.67 bits per heavy atom. The number of anilines is 1. The second kappa shape index (κ2) is 3.42. The van der Waals surface area contributed by atoms with E-state index in [-0.39, 0.29) is 0 Å². The van der Waals surface area contributed by atoms with Gasteiger partial charge in [-0.3, -0.25) is 4.98 Å². The van der Waals surface area contributed by atoms with E-state index < -0.39 is 0 Å². The molecule has 0 unspecified atom stereocenters. The van der Waals surface area contributed by atoms with Gasteiger partial charge in [0.1, 0.15) is 5.00 Å². The zero-order valence-electron chi connectivity index (χ0n) is 5.00. The molecule has 0 saturated heterocycles. The van der Waals surface area contributed by atoms with Crippen LogP contribution in [0.15, 0.2) is 11.7 Å². The van der Waals surface area contributed by atoms with Crippen molar-refractivity contribution in [3.8, 4) is 0 Å². The second-order valence-corrected chi connectivity index (χ2v) is 2.47. The molecule has 0 aliphatic heterocycles. The Hall–Kier alpha value is -0.610. The van der Waals surface area contributed by atoms with E-state index in [1.165, 1.54) is 0 Å². The number of hydrogen-bond donors (Lipinski definition) is 2. The fourth-order valence-electron chi connectivity index (χ4n) is 0.498. The van der Waals surface area contributed by atoms with E-state index in [0.717, 1.165) is 11.5 Å². The molecule has 4 heteroatoms. The average Bonchev–Trinajstić information content (AvgIpc) is 2.34. The highest BCUT2D eigenvalue weighted by molar-refractivity contribution is 7.13. The van der Waals surface area contributed by atoms with Crippen molar-refractivity contribution in [2.45, 2.75) is 0 Å². The maximum absolute atomic E-state index is 5.27. The molecule has 0 aliphatic carbocycles. The predicted molar refractivity (Wildman–Crippen MR) is 39.7 cm³/mol. The lowest BCUT2D eigenvalue weighted by Crippen LogP contribution is -2.12. The molecule has 0 aromatic carbocycles. The summed E-state index contributed by atoms with van der Waals surface area (Å²) in [5.74, 6) is 0. The van der Waals surface area contributed by atoms with E-state index in [1.54, 1.807) is 23.0 Å². The number of nitrogens with one attached hydrogen (secondary N) is 1. The fraction of sp³-hybridized carbons (Fsp3) is 0.400. The summed E-state index contributed by atoms with van der Waals surface area (Å²) in [4.78, 5) is 3.89. The molecule has 9 heavy (non-hydrogen) atoms. The highest BCUT2D eigenvalue weighted by Gasteiger charge is 1.87. The van der Waals surface area contributed by atoms with Crippen molar-refractivity contribution in [3.05, 3.63) is 11.7 Å². The van der Waals surface area contributed by atoms with Crippen molar-refractivity contribution < 1.29 is 0 Å². The SMILES string of the molecule is NCCNc1cncs1. The molecule has 0 fully saturated rings. The first-order chi connectivity index (χ1) is 4.43. The van der Waals surface area contributed by atoms with E-state index in [2.05, 4.69) is 10.3 Å². The summed E-state index contributed by atoms with van der Waals surface area (Å²) in [5, 5.41) is 4.19. The van der Waals surface area contributed by atoms with Crippen molar-refractivity contribution >= 4 is 16.3 Å². The standard InChI is InChI=1S/C5H9N3S/c6-1-2-8-5-3-7-4-9-5/h3-4,8H,1-2,6H2. The first-order valence-corrected chi connectivity index (χ1v) is 3.64. The molecule has 1 aromatic heterocycles. The molecular weight excluding hydrogens is 134 g/mol. The van der Waals surface area contributed by atoms with E-state index in [9.17, 15) is 0 Å². The Balaban J connectivity index is 2.30. The van der Waals surface area contributed by atoms with E-state index in [4.69, 9.17) is 5.73 Å². The summed E-state index contributed by atoms with van der Waals surface area (Å²) >= 11 is 1.59. The third kappa shape index (κ3) is 1.99. The van der Waals surface area contributed by atoms with Crippen LogP contribution >= 0.6 is 11.3 Å². The van der Waals surface area contributed by atoms with E-state index in [1.807, 2.05) is 0 Å². The maximum Gasteiger partial charge on any atom is 0.108 e. The van der Waals surface area contributed by atoms with Gasteiger partial charge in [-0.15, -0.1) is 11.3 Å². The molecule has 0 amide bonds. The molecule has 1 rings (SSSR count). The second-order valence-electron chi connectivity index (χ2n) is 1.58. The molecule has 3 N–H and O–H groups in total. The summed E-state index contributed by atoms with van der Waals surface area (Å²) in [7, 11) is 0. The number of nitrogens with zero attached hydrogens (tertiary/aromatic N) is 1. The van der Waals surface area contributed by atoms with Crippen LogP contribution in [0.3, 0.4) is 0 Å². The van der Waals surface area contributed by atoms with Crippen LogP contribution in [0, 0.1) is 0 Å². The zero-order chi connectivity index (χ0) is 6.53. The van der Waals surface area contributed by atoms with Crippen LogP contribution in [0.25, 0.3) is 0 Å². The molecular formula is C5H9N3S. The van der Waals surface area contributed by atoms with Gasteiger partial charge in [-0.05, 0) is 0 Å². The lowest BCUT2D eigenvalue weighted by molar-refractivity contribution is 1.03. The molecule has 0 spiro atoms. The van der Waals surface area contributed by atoms with Crippen molar-refractivity contribution in [1.29, 1.82) is 0 Å². The Morgan fingerprint density at radius 3 is 3.22 bits per heavy atom. The Labute approximate surface area is 57.9 Å². The number of thiazole rings is 1. The number of aromatic nitrogens is 1. The zero-order valence-corrected chi connectivity index (χ0v) is 5.82. The third-order valence-corrected chi connectivity index (χ3v) is 1.61. The molecule has 0 atom stereocenters. The predicted octanol–water partition coefficient (Wildman–Crippen LogP) is 0.514. The van der Waals surface area contributed by atoms with Crippen molar-refractivity contribution in [3.63, 3.8) is 0 Å². The van der Waals surface area contributed by atoms with Crippen LogP contribution in [0.2, 0.25) is 0 Å². The molecule has 0 saturated carbocycles. The summed E-state index contributed by atoms with van der Waals surface area (Å²) in [5.41, 5.74) is 7.06. The Kier molecular flexibility index (Phi) is 2.48. The average molecular weight is 143 g/mol. The molecule has 1 heterocycles. The van der Waals surface area contributed by atoms with E-state index in [0.29, 0.717) is 6.54 Å². The molecule has 0 bridgehead atoms. The maximum atomic E-state index is 5.27. The van der Waals surface area contributed by atoms with Crippen molar-refractivity contribution in [1.82, 2.24) is 4.98 Å². The molecule has 3 nitrogen and oxygen atoms in total. The van der Waals surface area contributed by atoms with Crippen LogP contribution in [-0.2, 0) is 0 Å². The van der Waals surface area contributed by atoms with E-state index >= 15 is 0 Å². The van der Waals surface area contributed by atoms with Crippen molar-refractivity contribution in [2.24, 2.45) is 5.73 Å². The van der Waals surface area contributed by atoms with Crippen molar-refractivity contribution in [2.75, 3.05) is 18.4 Å². The smallest absolute Gasteiger partial charge is 0.108 e. The van der Waals surface area contributed by atoms with Gasteiger partial charge in [0.25, 0.3) is 0 Å². The van der Waals surface area contributed by atoms with Crippen LogP contribution in [-0.4, -0.2) is 18.1 Å². The van der Waals surface area contributed by atoms with Gasteiger partial charge in [0.05, 0.1) is 11.7 Å². The highest BCUT2D eigenvalue weighted by atomic mass is 32.1. The summed E-state index contributed by atoms with van der Waals surface area (Å²) in [6.07, 6.45) is 1.79. The lowest BCUT2D eigenvalue weighted by Gasteiger charge is -1.96. The number of nitrogens with two attached hydrogens (primary N) is 1. The minimum Gasteiger partial charge on any atom is -0.374 e. The number of hydrogen-bond acceptors (Lipinski definition) is 4. The Bertz CT molecular complexity index is 149. The molecule has 0 aliphatic rings. The molecule has 50 valence electrons. The van der Waals surface area contributed by atoms with Crippen LogP contribution < -0.4 is 11.1 Å². The van der Waals surface area contributed by atoms with Crippen LogP contribution in [0.4, 0.5) is 5.00 Å². The van der Waals surface area contributed by atoms with Gasteiger partial charge >= 0.3 is 0 Å². The first kappa shape index (κ1) is 6.51. The summed E-state index contributed by atoms with van der Waals surface area (Å²) in [6, 6.07) is 0. The van der Waals surface area contributed by atoms with Gasteiger partial charge < -0.3 is 11.1 Å². The van der Waals surface area contributed by atoms with Gasteiger partial charge in [-0.2, -0.15) is 0 Å². The first-order valence-electron chi connectivity index (χ1n) is 2.76. The van der Waals surface area contributed by atoms with Gasteiger partial charge in [-0.25, -0.2) is 0 Å². The van der Waals surface area contributed by atoms with Crippen LogP contribution in [0.1, 0.15) is 0 Å². The molecule has 1 aromatic rings. The van der Waals surface area contributed by atoms with Gasteiger partial charge in [-0.1, -0.05) is 0 Å². The normalized spacial score (nSPS) is 9.44. The largest absolute Gasteiger partial charge is 0.374 e. The quantitative estimate of drug-likeness (QED) is 0.648. The monoisotopic (exact) mass is 143 g/mol. The Morgan fingerprint density at radius 1 is 1.78 bits per heavy atom. The highest BCUT2D eigenvalue weighted by Crippen LogP contribution is 2.10. The topological polar surface area (TPSA) is 50.9 Å². The third-order valence-electron chi connectivity index (χ3n) is 0.876. The van der Waals surface area contributed by atoms with Gasteiger partial charge in [0.15, 0.2) is 0 Å². The molecule has 0 radical (unpaired) electrons. The summed E-state index contributed by atoms with van der Waals surface area (Å²) in [6.45, 7) is 1.49. The van der Waals surface area contributed by atoms with Gasteiger partial charge in [0, 0.05) is 13.1 Å². The fourth-order valence-corrected chi connectivity index (χ4v) is 1.04. The lowest BCUT2D eigenvalue weighted by atomic mass is 10.6. The summed E-state index contributed by atoms with van der Waals surface area (Å²) < 4.78 is 0. The van der Waals surface area contributed by atoms with Crippen LogP contribution in [0.5, 0.6) is 0 Å².